The number of rotatable bonds is 2. The summed E-state index contributed by atoms with van der Waals surface area (Å²) in [6.45, 7) is 0. The zero-order valence-corrected chi connectivity index (χ0v) is 7.77. The second-order valence-corrected chi connectivity index (χ2v) is 5.13. The minimum atomic E-state index is -0.634. The van der Waals surface area contributed by atoms with Crippen LogP contribution in [0.2, 0.25) is 0 Å². The molecule has 1 aromatic heterocycles. The molecule has 0 amide bonds. The van der Waals surface area contributed by atoms with Crippen LogP contribution in [0, 0.1) is 0 Å². The van der Waals surface area contributed by atoms with Crippen LogP contribution in [-0.4, -0.2) is 35.9 Å². The summed E-state index contributed by atoms with van der Waals surface area (Å²) in [4.78, 5) is 3.87. The second-order valence-electron chi connectivity index (χ2n) is 1.57. The first-order valence-electron chi connectivity index (χ1n) is 2.68. The molecule has 3 heteroatoms. The van der Waals surface area contributed by atoms with E-state index in [0.717, 1.165) is 0 Å². The molecule has 0 aromatic carbocycles. The van der Waals surface area contributed by atoms with Crippen molar-refractivity contribution in [2.24, 2.45) is 0 Å². The van der Waals surface area contributed by atoms with Crippen molar-refractivity contribution in [3.63, 3.8) is 0 Å². The third-order valence-electron chi connectivity index (χ3n) is 0.964. The maximum absolute atomic E-state index is 8.57. The average molecular weight is 228 g/mol. The Hall–Kier alpha value is -0.0913. The molecule has 0 fully saturated rings. The zero-order valence-electron chi connectivity index (χ0n) is 4.91. The molecule has 1 rings (SSSR count). The molecule has 0 atom stereocenters. The molecule has 1 heterocycles. The van der Waals surface area contributed by atoms with Crippen LogP contribution in [0.1, 0.15) is 0 Å². The van der Waals surface area contributed by atoms with Crippen LogP contribution >= 0.6 is 0 Å². The Bertz CT molecular complexity index is 166. The van der Waals surface area contributed by atoms with Gasteiger partial charge in [0.25, 0.3) is 0 Å². The summed E-state index contributed by atoms with van der Waals surface area (Å²) in [5.74, 6) is 0. The van der Waals surface area contributed by atoms with Gasteiger partial charge in [-0.1, -0.05) is 0 Å². The molecule has 9 heavy (non-hydrogen) atoms. The number of aromatic nitrogens is 1. The summed E-state index contributed by atoms with van der Waals surface area (Å²) < 4.78 is 1.68. The Morgan fingerprint density at radius 2 is 2.11 bits per heavy atom. The zero-order chi connectivity index (χ0) is 6.53. The maximum atomic E-state index is 8.57. The van der Waals surface area contributed by atoms with Crippen LogP contribution in [0.25, 0.3) is 0 Å². The Morgan fingerprint density at radius 3 is 2.67 bits per heavy atom. The van der Waals surface area contributed by atoms with Crippen LogP contribution in [0.15, 0.2) is 24.5 Å². The first-order valence-corrected chi connectivity index (χ1v) is 6.13. The quantitative estimate of drug-likeness (QED) is 0.683. The Morgan fingerprint density at radius 1 is 1.44 bits per heavy atom. The molecule has 0 aliphatic rings. The van der Waals surface area contributed by atoms with Gasteiger partial charge < -0.3 is 0 Å². The summed E-state index contributed by atoms with van der Waals surface area (Å²) in [5, 5.41) is 8.57. The molecule has 1 N–H and O–H groups in total. The van der Waals surface area contributed by atoms with Crippen molar-refractivity contribution in [1.82, 2.24) is 4.98 Å². The van der Waals surface area contributed by atoms with Crippen molar-refractivity contribution in [3.8, 4) is 0 Å². The summed E-state index contributed by atoms with van der Waals surface area (Å²) in [7, 11) is 0. The first-order chi connectivity index (χ1) is 4.43. The van der Waals surface area contributed by atoms with Crippen molar-refractivity contribution in [2.45, 2.75) is 0 Å². The van der Waals surface area contributed by atoms with Gasteiger partial charge in [-0.3, -0.25) is 0 Å². The predicted molar refractivity (Wildman–Crippen MR) is 36.7 cm³/mol. The van der Waals surface area contributed by atoms with Crippen LogP contribution in [0.4, 0.5) is 0 Å². The average Bonchev–Trinajstić information content (AvgIpc) is 1.91. The molecular formula is C6H7NOSn. The first kappa shape index (κ1) is 7.02. The third-order valence-corrected chi connectivity index (χ3v) is 3.53. The van der Waals surface area contributed by atoms with Gasteiger partial charge in [-0.15, -0.1) is 0 Å². The number of hydrogen-bond donors (Lipinski definition) is 1. The van der Waals surface area contributed by atoms with Crippen molar-refractivity contribution in [2.75, 3.05) is 4.62 Å². The molecule has 1 aromatic rings. The fourth-order valence-electron chi connectivity index (χ4n) is 0.561. The molecule has 0 saturated heterocycles. The number of aliphatic hydroxyl groups is 1. The topological polar surface area (TPSA) is 33.1 Å². The van der Waals surface area contributed by atoms with Crippen LogP contribution in [0.3, 0.4) is 0 Å². The fourth-order valence-corrected chi connectivity index (χ4v) is 2.18. The molecule has 2 nitrogen and oxygen atoms in total. The van der Waals surface area contributed by atoms with Crippen LogP contribution in [0.5, 0.6) is 0 Å². The second kappa shape index (κ2) is 3.84. The van der Waals surface area contributed by atoms with E-state index in [-0.39, 0.29) is 0 Å². The predicted octanol–water partition coefficient (Wildman–Crippen LogP) is -0.639. The van der Waals surface area contributed by atoms with Gasteiger partial charge >= 0.3 is 64.0 Å². The van der Waals surface area contributed by atoms with E-state index in [1.165, 1.54) is 3.58 Å². The number of aliphatic hydroxyl groups excluding tert-OH is 1. The monoisotopic (exact) mass is 229 g/mol. The Balaban J connectivity index is 2.61. The SMILES string of the molecule is O[CH2][Sn][c]1ccncc1. The molecule has 0 saturated carbocycles. The third kappa shape index (κ3) is 2.32. The van der Waals surface area contributed by atoms with E-state index >= 15 is 0 Å². The van der Waals surface area contributed by atoms with E-state index in [2.05, 4.69) is 4.98 Å². The number of pyridine rings is 1. The summed E-state index contributed by atoms with van der Waals surface area (Å²) in [6, 6.07) is 3.95. The van der Waals surface area contributed by atoms with Gasteiger partial charge in [-0.25, -0.2) is 0 Å². The van der Waals surface area contributed by atoms with Crippen LogP contribution < -0.4 is 3.58 Å². The summed E-state index contributed by atoms with van der Waals surface area (Å²) in [5.41, 5.74) is 0. The van der Waals surface area contributed by atoms with Gasteiger partial charge in [0.1, 0.15) is 0 Å². The fraction of sp³-hybridized carbons (Fsp3) is 0.167. The van der Waals surface area contributed by atoms with E-state index < -0.39 is 21.1 Å². The normalized spacial score (nSPS) is 9.44. The van der Waals surface area contributed by atoms with Crippen molar-refractivity contribution in [3.05, 3.63) is 24.5 Å². The van der Waals surface area contributed by atoms with E-state index in [0.29, 0.717) is 4.62 Å². The van der Waals surface area contributed by atoms with Gasteiger partial charge in [-0.2, -0.15) is 0 Å². The molecule has 0 aliphatic carbocycles. The Kier molecular flexibility index (Phi) is 3.00. The summed E-state index contributed by atoms with van der Waals surface area (Å²) in [6.07, 6.45) is 3.54. The van der Waals surface area contributed by atoms with Gasteiger partial charge in [0.15, 0.2) is 0 Å². The van der Waals surface area contributed by atoms with E-state index in [1.807, 2.05) is 12.1 Å². The van der Waals surface area contributed by atoms with E-state index in [4.69, 9.17) is 5.11 Å². The number of nitrogens with zero attached hydrogens (tertiary/aromatic N) is 1. The molecule has 0 bridgehead atoms. The molecule has 0 aliphatic heterocycles. The van der Waals surface area contributed by atoms with Crippen molar-refractivity contribution >= 4 is 24.7 Å². The van der Waals surface area contributed by atoms with Gasteiger partial charge in [0.05, 0.1) is 0 Å². The van der Waals surface area contributed by atoms with Gasteiger partial charge in [0, 0.05) is 0 Å². The molecule has 0 unspecified atom stereocenters. The van der Waals surface area contributed by atoms with E-state index in [9.17, 15) is 0 Å². The molecular weight excluding hydrogens is 221 g/mol. The Labute approximate surface area is 64.2 Å². The molecule has 0 spiro atoms. The molecule has 2 radical (unpaired) electrons. The summed E-state index contributed by atoms with van der Waals surface area (Å²) >= 11 is -0.634. The molecule has 46 valence electrons. The van der Waals surface area contributed by atoms with Crippen molar-refractivity contribution in [1.29, 1.82) is 0 Å². The number of hydrogen-bond acceptors (Lipinski definition) is 2. The van der Waals surface area contributed by atoms with Gasteiger partial charge in [-0.05, 0) is 0 Å². The van der Waals surface area contributed by atoms with Crippen LogP contribution in [-0.2, 0) is 0 Å². The van der Waals surface area contributed by atoms with Gasteiger partial charge in [0.2, 0.25) is 0 Å². The standard InChI is InChI=1S/C5H4N.CH3O.Sn/c1-2-4-6-5-3-1;1-2;/h2-5H;2H,1H2;. The van der Waals surface area contributed by atoms with Crippen molar-refractivity contribution < 1.29 is 5.11 Å². The van der Waals surface area contributed by atoms with E-state index in [1.54, 1.807) is 12.4 Å². The minimum absolute atomic E-state index is 0.382.